The number of hydrogen-bond acceptors (Lipinski definition) is 4. The number of amides is 2. The fourth-order valence-corrected chi connectivity index (χ4v) is 3.81. The van der Waals surface area contributed by atoms with Crippen molar-refractivity contribution in [2.24, 2.45) is 0 Å². The third kappa shape index (κ3) is 7.61. The lowest BCUT2D eigenvalue weighted by Gasteiger charge is -2.28. The number of benzene rings is 2. The largest absolute Gasteiger partial charge is 1.00 e. The van der Waals surface area contributed by atoms with Crippen LogP contribution in [-0.4, -0.2) is 86.7 Å². The van der Waals surface area contributed by atoms with Crippen molar-refractivity contribution in [2.75, 3.05) is 65.0 Å². The van der Waals surface area contributed by atoms with E-state index in [9.17, 15) is 19.2 Å². The normalized spacial score (nSPS) is 12.2. The molecule has 3 rings (SSSR count). The first kappa shape index (κ1) is 34.2. The predicted octanol–water partition coefficient (Wildman–Crippen LogP) is -2.82. The second kappa shape index (κ2) is 13.1. The van der Waals surface area contributed by atoms with Crippen LogP contribution >= 0.6 is 0 Å². The van der Waals surface area contributed by atoms with Crippen LogP contribution < -0.4 is 35.4 Å². The average Bonchev–Trinajstić information content (AvgIpc) is 2.77. The van der Waals surface area contributed by atoms with Gasteiger partial charge in [-0.25, -0.2) is 0 Å². The van der Waals surface area contributed by atoms with E-state index in [0.717, 1.165) is 13.1 Å². The molecule has 0 heterocycles. The van der Waals surface area contributed by atoms with Crippen molar-refractivity contribution in [1.29, 1.82) is 0 Å². The summed E-state index contributed by atoms with van der Waals surface area (Å²) in [6.45, 7) is 5.93. The van der Waals surface area contributed by atoms with Crippen LogP contribution in [0.15, 0.2) is 36.4 Å². The van der Waals surface area contributed by atoms with Crippen LogP contribution in [0.3, 0.4) is 0 Å². The topological polar surface area (TPSA) is 92.3 Å². The maximum absolute atomic E-state index is 13.5. The Morgan fingerprint density at radius 2 is 1.00 bits per heavy atom. The first-order chi connectivity index (χ1) is 15.9. The molecule has 10 heteroatoms. The molecule has 0 aliphatic heterocycles. The molecule has 0 atom stereocenters. The van der Waals surface area contributed by atoms with E-state index in [4.69, 9.17) is 0 Å². The minimum Gasteiger partial charge on any atom is -1.00 e. The Morgan fingerprint density at radius 1 is 0.676 bits per heavy atom. The second-order valence-corrected chi connectivity index (χ2v) is 10.0. The molecular formula is C27H38Cl2N4O4. The molecule has 0 aromatic heterocycles. The maximum Gasteiger partial charge on any atom is 0.279 e. The molecule has 0 saturated heterocycles. The van der Waals surface area contributed by atoms with Crippen molar-refractivity contribution in [3.05, 3.63) is 58.7 Å². The highest BCUT2D eigenvalue weighted by molar-refractivity contribution is 6.32. The second-order valence-electron chi connectivity index (χ2n) is 10.0. The van der Waals surface area contributed by atoms with Crippen LogP contribution in [0.2, 0.25) is 0 Å². The van der Waals surface area contributed by atoms with Crippen LogP contribution in [0.25, 0.3) is 0 Å². The van der Waals surface area contributed by atoms with Crippen LogP contribution in [0.4, 0.5) is 11.4 Å². The SMILES string of the molecule is C.CC[N+](C)(C)CC(=O)Nc1ccc(NC(=O)C[N+](C)(C)CC)c2c1C(=O)c1ccccc1C2=O.[Cl-].[Cl-]. The first-order valence-electron chi connectivity index (χ1n) is 11.5. The van der Waals surface area contributed by atoms with Gasteiger partial charge in [0, 0.05) is 11.1 Å². The summed E-state index contributed by atoms with van der Waals surface area (Å²) in [5, 5.41) is 5.65. The summed E-state index contributed by atoms with van der Waals surface area (Å²) in [7, 11) is 7.76. The summed E-state index contributed by atoms with van der Waals surface area (Å²) in [6, 6.07) is 9.77. The molecule has 2 amide bonds. The maximum atomic E-state index is 13.5. The van der Waals surface area contributed by atoms with Gasteiger partial charge in [-0.1, -0.05) is 31.7 Å². The van der Waals surface area contributed by atoms with Gasteiger partial charge in [0.25, 0.3) is 11.8 Å². The molecule has 1 aliphatic carbocycles. The van der Waals surface area contributed by atoms with Gasteiger partial charge < -0.3 is 44.4 Å². The number of hydrogen-bond donors (Lipinski definition) is 2. The van der Waals surface area contributed by atoms with Gasteiger partial charge in [-0.15, -0.1) is 0 Å². The Kier molecular flexibility index (Phi) is 12.2. The van der Waals surface area contributed by atoms with Crippen molar-refractivity contribution in [3.63, 3.8) is 0 Å². The van der Waals surface area contributed by atoms with E-state index >= 15 is 0 Å². The smallest absolute Gasteiger partial charge is 0.279 e. The zero-order valence-corrected chi connectivity index (χ0v) is 23.1. The molecule has 0 fully saturated rings. The van der Waals surface area contributed by atoms with Gasteiger partial charge in [-0.05, 0) is 26.0 Å². The number of halogens is 2. The Bertz CT molecular complexity index is 1090. The van der Waals surface area contributed by atoms with Crippen LogP contribution in [0.1, 0.15) is 53.1 Å². The third-order valence-electron chi connectivity index (χ3n) is 6.48. The number of rotatable bonds is 8. The zero-order valence-electron chi connectivity index (χ0n) is 21.6. The van der Waals surface area contributed by atoms with Crippen molar-refractivity contribution in [1.82, 2.24) is 0 Å². The van der Waals surface area contributed by atoms with Crippen molar-refractivity contribution in [3.8, 4) is 0 Å². The van der Waals surface area contributed by atoms with E-state index in [1.807, 2.05) is 42.0 Å². The number of fused-ring (bicyclic) bond motifs is 2. The number of carbonyl (C=O) groups excluding carboxylic acids is 4. The predicted molar refractivity (Wildman–Crippen MR) is 139 cm³/mol. The van der Waals surface area contributed by atoms with Crippen molar-refractivity contribution in [2.45, 2.75) is 21.3 Å². The number of anilines is 2. The summed E-state index contributed by atoms with van der Waals surface area (Å²) >= 11 is 0. The Balaban J connectivity index is 0.00000432. The lowest BCUT2D eigenvalue weighted by molar-refractivity contribution is -0.880. The van der Waals surface area contributed by atoms with Crippen molar-refractivity contribution >= 4 is 34.8 Å². The molecule has 0 spiro atoms. The van der Waals surface area contributed by atoms with Crippen LogP contribution in [0, 0.1) is 0 Å². The Hall–Kier alpha value is -2.78. The molecular weight excluding hydrogens is 515 g/mol. The van der Waals surface area contributed by atoms with E-state index in [-0.39, 0.29) is 102 Å². The summed E-state index contributed by atoms with van der Waals surface area (Å²) in [5.74, 6) is -1.23. The van der Waals surface area contributed by atoms with Gasteiger partial charge in [0.15, 0.2) is 24.7 Å². The standard InChI is InChI=1S/C26H32N4O4.CH4.2ClH/c1-7-29(3,4)15-21(31)27-19-13-14-20(28-22(32)16-30(5,6)8-2)24-23(19)25(33)17-11-9-10-12-18(17)26(24)34;;;/h9-14H,7-8,15-16H2,1-6H3;1H4;2*1H. The first-order valence-corrected chi connectivity index (χ1v) is 11.5. The molecule has 0 radical (unpaired) electrons. The van der Waals surface area contributed by atoms with E-state index < -0.39 is 0 Å². The van der Waals surface area contributed by atoms with Gasteiger partial charge in [-0.3, -0.25) is 19.2 Å². The van der Waals surface area contributed by atoms with E-state index in [1.54, 1.807) is 36.4 Å². The monoisotopic (exact) mass is 552 g/mol. The molecule has 0 saturated carbocycles. The fourth-order valence-electron chi connectivity index (χ4n) is 3.81. The van der Waals surface area contributed by atoms with E-state index in [0.29, 0.717) is 8.97 Å². The lowest BCUT2D eigenvalue weighted by atomic mass is 9.82. The number of ketones is 2. The highest BCUT2D eigenvalue weighted by atomic mass is 35.5. The molecule has 37 heavy (non-hydrogen) atoms. The molecule has 2 aromatic rings. The minimum atomic E-state index is -0.356. The number of nitrogens with zero attached hydrogens (tertiary/aromatic N) is 2. The Labute approximate surface area is 232 Å². The zero-order chi connectivity index (χ0) is 25.3. The number of likely N-dealkylation sites (N-methyl/N-ethyl adjacent to an activating group) is 2. The van der Waals surface area contributed by atoms with Gasteiger partial charge in [0.1, 0.15) is 0 Å². The quantitative estimate of drug-likeness (QED) is 0.295. The Morgan fingerprint density at radius 3 is 1.30 bits per heavy atom. The van der Waals surface area contributed by atoms with Gasteiger partial charge in [0.05, 0.1) is 63.8 Å². The van der Waals surface area contributed by atoms with E-state index in [2.05, 4.69) is 10.6 Å². The third-order valence-corrected chi connectivity index (χ3v) is 6.48. The molecule has 2 aromatic carbocycles. The van der Waals surface area contributed by atoms with Gasteiger partial charge >= 0.3 is 0 Å². The van der Waals surface area contributed by atoms with Crippen molar-refractivity contribution < 1.29 is 53.0 Å². The van der Waals surface area contributed by atoms with Gasteiger partial charge in [0.2, 0.25) is 0 Å². The molecule has 1 aliphatic rings. The number of nitrogens with one attached hydrogen (secondary N) is 2. The summed E-state index contributed by atoms with van der Waals surface area (Å²) in [4.78, 5) is 52.5. The molecule has 204 valence electrons. The van der Waals surface area contributed by atoms with Gasteiger partial charge in [-0.2, -0.15) is 0 Å². The van der Waals surface area contributed by atoms with Crippen LogP contribution in [-0.2, 0) is 9.59 Å². The highest BCUT2D eigenvalue weighted by Crippen LogP contribution is 2.36. The molecule has 2 N–H and O–H groups in total. The minimum absolute atomic E-state index is 0. The number of quaternary nitrogens is 2. The average molecular weight is 554 g/mol. The molecule has 0 bridgehead atoms. The van der Waals surface area contributed by atoms with E-state index in [1.165, 1.54) is 0 Å². The molecule has 8 nitrogen and oxygen atoms in total. The lowest BCUT2D eigenvalue weighted by Crippen LogP contribution is -3.00. The number of carbonyl (C=O) groups is 4. The summed E-state index contributed by atoms with van der Waals surface area (Å²) in [5.41, 5.74) is 1.33. The summed E-state index contributed by atoms with van der Waals surface area (Å²) in [6.07, 6.45) is 0. The van der Waals surface area contributed by atoms with Crippen LogP contribution in [0.5, 0.6) is 0 Å². The molecule has 0 unspecified atom stereocenters. The fraction of sp³-hybridized carbons (Fsp3) is 0.407. The summed E-state index contributed by atoms with van der Waals surface area (Å²) < 4.78 is 0.951. The highest BCUT2D eigenvalue weighted by Gasteiger charge is 2.35.